The molecule has 0 fully saturated rings. The van der Waals surface area contributed by atoms with E-state index < -0.39 is 0 Å². The van der Waals surface area contributed by atoms with E-state index in [9.17, 15) is 0 Å². The molecule has 1 heteroatoms. The van der Waals surface area contributed by atoms with Crippen molar-refractivity contribution in [3.8, 4) is 5.75 Å². The van der Waals surface area contributed by atoms with Gasteiger partial charge in [-0.3, -0.25) is 0 Å². The molecule has 20 heavy (non-hydrogen) atoms. The first-order valence-corrected chi connectivity index (χ1v) is 7.17. The van der Waals surface area contributed by atoms with Crippen LogP contribution >= 0.6 is 0 Å². The van der Waals surface area contributed by atoms with Crippen molar-refractivity contribution in [1.29, 1.82) is 0 Å². The van der Waals surface area contributed by atoms with Crippen molar-refractivity contribution in [3.05, 3.63) is 71.8 Å². The van der Waals surface area contributed by atoms with E-state index in [4.69, 9.17) is 4.74 Å². The Morgan fingerprint density at radius 3 is 2.25 bits per heavy atom. The van der Waals surface area contributed by atoms with Gasteiger partial charge < -0.3 is 4.74 Å². The first-order chi connectivity index (χ1) is 9.72. The second kappa shape index (κ2) is 6.95. The lowest BCUT2D eigenvalue weighted by Crippen LogP contribution is -1.97. The highest BCUT2D eigenvalue weighted by Crippen LogP contribution is 2.20. The predicted octanol–water partition coefficient (Wildman–Crippen LogP) is 5.42. The molecular formula is C19H22O. The lowest BCUT2D eigenvalue weighted by Gasteiger charge is -2.10. The van der Waals surface area contributed by atoms with Crippen LogP contribution in [-0.2, 0) is 6.61 Å². The maximum Gasteiger partial charge on any atom is 0.119 e. The van der Waals surface area contributed by atoms with Crippen LogP contribution in [0.15, 0.2) is 55.1 Å². The lowest BCUT2D eigenvalue weighted by atomic mass is 9.98. The minimum atomic E-state index is 0.605. The topological polar surface area (TPSA) is 9.23 Å². The van der Waals surface area contributed by atoms with Gasteiger partial charge in [0.1, 0.15) is 12.4 Å². The van der Waals surface area contributed by atoms with Crippen molar-refractivity contribution in [2.75, 3.05) is 0 Å². The largest absolute Gasteiger partial charge is 0.489 e. The summed E-state index contributed by atoms with van der Waals surface area (Å²) in [5.41, 5.74) is 3.70. The molecule has 2 rings (SSSR count). The summed E-state index contributed by atoms with van der Waals surface area (Å²) in [6.45, 7) is 8.82. The van der Waals surface area contributed by atoms with Gasteiger partial charge in [-0.1, -0.05) is 62.9 Å². The van der Waals surface area contributed by atoms with Crippen LogP contribution < -0.4 is 4.74 Å². The van der Waals surface area contributed by atoms with Crippen molar-refractivity contribution in [2.24, 2.45) is 0 Å². The van der Waals surface area contributed by atoms with Gasteiger partial charge in [-0.15, -0.1) is 0 Å². The summed E-state index contributed by atoms with van der Waals surface area (Å²) >= 11 is 0. The molecule has 1 nitrogen and oxygen atoms in total. The molecular weight excluding hydrogens is 244 g/mol. The summed E-state index contributed by atoms with van der Waals surface area (Å²) in [7, 11) is 0. The third-order valence-corrected chi connectivity index (χ3v) is 3.68. The van der Waals surface area contributed by atoms with E-state index in [1.54, 1.807) is 0 Å². The molecule has 0 aromatic heterocycles. The van der Waals surface area contributed by atoms with Crippen LogP contribution in [0.4, 0.5) is 0 Å². The van der Waals surface area contributed by atoms with Crippen molar-refractivity contribution in [2.45, 2.75) is 32.8 Å². The molecule has 1 unspecified atom stereocenters. The molecule has 0 heterocycles. The molecule has 0 saturated carbocycles. The SMILES string of the molecule is C=Cc1ccc(OCc2ccc(C(C)CC)cc2)cc1. The minimum absolute atomic E-state index is 0.605. The van der Waals surface area contributed by atoms with E-state index in [1.807, 2.05) is 30.3 Å². The fourth-order valence-electron chi connectivity index (χ4n) is 2.04. The van der Waals surface area contributed by atoms with Gasteiger partial charge in [-0.25, -0.2) is 0 Å². The average Bonchev–Trinajstić information content (AvgIpc) is 2.53. The predicted molar refractivity (Wildman–Crippen MR) is 86.0 cm³/mol. The van der Waals surface area contributed by atoms with E-state index in [1.165, 1.54) is 17.5 Å². The summed E-state index contributed by atoms with van der Waals surface area (Å²) in [5, 5.41) is 0. The Labute approximate surface area is 121 Å². The third kappa shape index (κ3) is 3.74. The monoisotopic (exact) mass is 266 g/mol. The van der Waals surface area contributed by atoms with Crippen molar-refractivity contribution < 1.29 is 4.74 Å². The molecule has 0 aliphatic rings. The normalized spacial score (nSPS) is 11.9. The Kier molecular flexibility index (Phi) is 5.00. The Balaban J connectivity index is 1.94. The van der Waals surface area contributed by atoms with E-state index in [2.05, 4.69) is 44.7 Å². The second-order valence-electron chi connectivity index (χ2n) is 5.11. The maximum absolute atomic E-state index is 5.78. The number of benzene rings is 2. The number of hydrogen-bond acceptors (Lipinski definition) is 1. The van der Waals surface area contributed by atoms with E-state index >= 15 is 0 Å². The molecule has 2 aromatic rings. The van der Waals surface area contributed by atoms with Gasteiger partial charge in [0.25, 0.3) is 0 Å². The quantitative estimate of drug-likeness (QED) is 0.678. The van der Waals surface area contributed by atoms with Gasteiger partial charge in [0.2, 0.25) is 0 Å². The Bertz CT molecular complexity index is 537. The summed E-state index contributed by atoms with van der Waals surface area (Å²) in [6.07, 6.45) is 3.00. The standard InChI is InChI=1S/C19H22O/c1-4-15(3)18-10-6-17(7-11-18)14-20-19-12-8-16(5-2)9-13-19/h5-13,15H,2,4,14H2,1,3H3. The van der Waals surface area contributed by atoms with Crippen molar-refractivity contribution in [1.82, 2.24) is 0 Å². The maximum atomic E-state index is 5.78. The number of hydrogen-bond donors (Lipinski definition) is 0. The highest BCUT2D eigenvalue weighted by molar-refractivity contribution is 5.48. The highest BCUT2D eigenvalue weighted by Gasteiger charge is 2.02. The molecule has 104 valence electrons. The van der Waals surface area contributed by atoms with Crippen LogP contribution in [0, 0.1) is 0 Å². The molecule has 0 aliphatic carbocycles. The van der Waals surface area contributed by atoms with E-state index in [0.29, 0.717) is 12.5 Å². The zero-order valence-corrected chi connectivity index (χ0v) is 12.3. The summed E-state index contributed by atoms with van der Waals surface area (Å²) in [6, 6.07) is 16.7. The zero-order valence-electron chi connectivity index (χ0n) is 12.3. The second-order valence-corrected chi connectivity index (χ2v) is 5.11. The Hall–Kier alpha value is -2.02. The Morgan fingerprint density at radius 2 is 1.70 bits per heavy atom. The fraction of sp³-hybridized carbons (Fsp3) is 0.263. The van der Waals surface area contributed by atoms with Gasteiger partial charge in [0.05, 0.1) is 0 Å². The molecule has 0 aliphatic heterocycles. The molecule has 0 bridgehead atoms. The van der Waals surface area contributed by atoms with E-state index in [0.717, 1.165) is 11.3 Å². The minimum Gasteiger partial charge on any atom is -0.489 e. The van der Waals surface area contributed by atoms with Crippen LogP contribution in [0.5, 0.6) is 5.75 Å². The summed E-state index contributed by atoms with van der Waals surface area (Å²) in [5.74, 6) is 1.51. The van der Waals surface area contributed by atoms with Crippen LogP contribution in [0.25, 0.3) is 6.08 Å². The van der Waals surface area contributed by atoms with Crippen LogP contribution in [-0.4, -0.2) is 0 Å². The van der Waals surface area contributed by atoms with Gasteiger partial charge in [-0.05, 0) is 41.2 Å². The third-order valence-electron chi connectivity index (χ3n) is 3.68. The molecule has 1 atom stereocenters. The molecule has 0 saturated heterocycles. The van der Waals surface area contributed by atoms with Crippen molar-refractivity contribution in [3.63, 3.8) is 0 Å². The van der Waals surface area contributed by atoms with Gasteiger partial charge in [-0.2, -0.15) is 0 Å². The molecule has 0 spiro atoms. The average molecular weight is 266 g/mol. The van der Waals surface area contributed by atoms with Crippen LogP contribution in [0.2, 0.25) is 0 Å². The first kappa shape index (κ1) is 14.4. The van der Waals surface area contributed by atoms with Gasteiger partial charge >= 0.3 is 0 Å². The summed E-state index contributed by atoms with van der Waals surface area (Å²) in [4.78, 5) is 0. The number of ether oxygens (including phenoxy) is 1. The first-order valence-electron chi connectivity index (χ1n) is 7.17. The molecule has 2 aromatic carbocycles. The molecule has 0 N–H and O–H groups in total. The van der Waals surface area contributed by atoms with E-state index in [-0.39, 0.29) is 0 Å². The van der Waals surface area contributed by atoms with Crippen molar-refractivity contribution >= 4 is 6.08 Å². The highest BCUT2D eigenvalue weighted by atomic mass is 16.5. The van der Waals surface area contributed by atoms with Crippen LogP contribution in [0.1, 0.15) is 42.9 Å². The smallest absolute Gasteiger partial charge is 0.119 e. The van der Waals surface area contributed by atoms with Crippen LogP contribution in [0.3, 0.4) is 0 Å². The van der Waals surface area contributed by atoms with Gasteiger partial charge in [0.15, 0.2) is 0 Å². The fourth-order valence-corrected chi connectivity index (χ4v) is 2.04. The zero-order chi connectivity index (χ0) is 14.4. The molecule has 0 amide bonds. The lowest BCUT2D eigenvalue weighted by molar-refractivity contribution is 0.306. The summed E-state index contributed by atoms with van der Waals surface area (Å²) < 4.78 is 5.78. The Morgan fingerprint density at radius 1 is 1.05 bits per heavy atom. The van der Waals surface area contributed by atoms with Gasteiger partial charge in [0, 0.05) is 0 Å². The number of rotatable bonds is 6. The molecule has 0 radical (unpaired) electrons.